The second-order valence-electron chi connectivity index (χ2n) is 6.55. The number of nitro groups is 1. The molecule has 0 atom stereocenters. The summed E-state index contributed by atoms with van der Waals surface area (Å²) >= 11 is 7.03. The van der Waals surface area contributed by atoms with Crippen molar-refractivity contribution >= 4 is 49.9 Å². The Balaban J connectivity index is 1.49. The third kappa shape index (κ3) is 4.32. The van der Waals surface area contributed by atoms with Crippen LogP contribution in [0.1, 0.15) is 18.4 Å². The molecule has 3 aromatic heterocycles. The summed E-state index contributed by atoms with van der Waals surface area (Å²) in [4.78, 5) is 34.1. The van der Waals surface area contributed by atoms with Gasteiger partial charge >= 0.3 is 5.00 Å². The molecular formula is C20H16ClN5O3S. The molecule has 2 N–H and O–H groups in total. The summed E-state index contributed by atoms with van der Waals surface area (Å²) in [6.07, 6.45) is 4.34. The zero-order valence-corrected chi connectivity index (χ0v) is 17.2. The third-order valence-electron chi connectivity index (χ3n) is 4.54. The first kappa shape index (κ1) is 20.0. The Bertz CT molecular complexity index is 1220. The van der Waals surface area contributed by atoms with Crippen molar-refractivity contribution in [3.05, 3.63) is 69.5 Å². The van der Waals surface area contributed by atoms with Crippen molar-refractivity contribution in [1.29, 1.82) is 0 Å². The lowest BCUT2D eigenvalue weighted by Gasteiger charge is -2.05. The van der Waals surface area contributed by atoms with Crippen LogP contribution in [0.4, 0.5) is 10.1 Å². The first-order valence-electron chi connectivity index (χ1n) is 9.13. The Morgan fingerprint density at radius 1 is 1.27 bits per heavy atom. The average Bonchev–Trinajstić information content (AvgIpc) is 3.34. The van der Waals surface area contributed by atoms with Gasteiger partial charge in [-0.2, -0.15) is 0 Å². The molecule has 152 valence electrons. The van der Waals surface area contributed by atoms with Gasteiger partial charge in [0.2, 0.25) is 5.91 Å². The van der Waals surface area contributed by atoms with Crippen molar-refractivity contribution in [1.82, 2.24) is 15.0 Å². The Morgan fingerprint density at radius 2 is 2.13 bits per heavy atom. The maximum absolute atomic E-state index is 12.2. The predicted octanol–water partition coefficient (Wildman–Crippen LogP) is 5.21. The predicted molar refractivity (Wildman–Crippen MR) is 117 cm³/mol. The fourth-order valence-electron chi connectivity index (χ4n) is 3.22. The molecule has 0 spiro atoms. The zero-order chi connectivity index (χ0) is 21.1. The van der Waals surface area contributed by atoms with Gasteiger partial charge in [-0.1, -0.05) is 17.7 Å². The molecule has 0 saturated heterocycles. The molecule has 4 aromatic rings. The maximum atomic E-state index is 12.2. The molecule has 0 aliphatic carbocycles. The van der Waals surface area contributed by atoms with Gasteiger partial charge in [0.25, 0.3) is 0 Å². The number of carbonyl (C=O) groups is 1. The van der Waals surface area contributed by atoms with Crippen LogP contribution >= 0.6 is 22.9 Å². The Labute approximate surface area is 180 Å². The van der Waals surface area contributed by atoms with Crippen molar-refractivity contribution in [2.45, 2.75) is 19.3 Å². The molecule has 0 aliphatic heterocycles. The molecule has 0 radical (unpaired) electrons. The number of rotatable bonds is 7. The van der Waals surface area contributed by atoms with E-state index in [0.717, 1.165) is 45.4 Å². The number of aromatic amines is 1. The van der Waals surface area contributed by atoms with Gasteiger partial charge in [-0.3, -0.25) is 19.9 Å². The van der Waals surface area contributed by atoms with E-state index in [1.54, 1.807) is 6.20 Å². The van der Waals surface area contributed by atoms with Crippen LogP contribution in [0.15, 0.2) is 48.8 Å². The number of fused-ring (bicyclic) bond motifs is 1. The molecule has 0 unspecified atom stereocenters. The minimum Gasteiger partial charge on any atom is -0.353 e. The lowest BCUT2D eigenvalue weighted by Crippen LogP contribution is -2.11. The average molecular weight is 442 g/mol. The molecule has 0 fully saturated rings. The van der Waals surface area contributed by atoms with Crippen LogP contribution in [0.25, 0.3) is 22.3 Å². The maximum Gasteiger partial charge on any atom is 0.345 e. The number of carbonyl (C=O) groups excluding carboxylic acids is 1. The Hall–Kier alpha value is -3.30. The van der Waals surface area contributed by atoms with Crippen LogP contribution in [-0.2, 0) is 11.2 Å². The summed E-state index contributed by atoms with van der Waals surface area (Å²) in [5.74, 6) is -0.239. The minimum absolute atomic E-state index is 0.110. The second-order valence-corrected chi connectivity index (χ2v) is 7.99. The third-order valence-corrected chi connectivity index (χ3v) is 5.64. The van der Waals surface area contributed by atoms with Crippen molar-refractivity contribution < 1.29 is 9.72 Å². The van der Waals surface area contributed by atoms with E-state index >= 15 is 0 Å². The number of H-pyrrole nitrogens is 1. The number of hydrogen-bond donors (Lipinski definition) is 2. The quantitative estimate of drug-likeness (QED) is 0.302. The normalized spacial score (nSPS) is 11.0. The summed E-state index contributed by atoms with van der Waals surface area (Å²) in [7, 11) is 0. The largest absolute Gasteiger partial charge is 0.353 e. The summed E-state index contributed by atoms with van der Waals surface area (Å²) in [5.41, 5.74) is 3.72. The van der Waals surface area contributed by atoms with Gasteiger partial charge in [0.05, 0.1) is 16.3 Å². The molecular weight excluding hydrogens is 426 g/mol. The zero-order valence-electron chi connectivity index (χ0n) is 15.6. The highest BCUT2D eigenvalue weighted by Crippen LogP contribution is 2.32. The molecule has 1 aromatic carbocycles. The highest BCUT2D eigenvalue weighted by atomic mass is 35.5. The Morgan fingerprint density at radius 3 is 2.87 bits per heavy atom. The van der Waals surface area contributed by atoms with E-state index < -0.39 is 4.92 Å². The fourth-order valence-corrected chi connectivity index (χ4v) is 4.04. The number of anilines is 1. The monoisotopic (exact) mass is 441 g/mol. The van der Waals surface area contributed by atoms with Crippen LogP contribution < -0.4 is 5.32 Å². The van der Waals surface area contributed by atoms with E-state index in [1.165, 1.54) is 0 Å². The van der Waals surface area contributed by atoms with Crippen molar-refractivity contribution in [3.63, 3.8) is 0 Å². The van der Waals surface area contributed by atoms with E-state index in [2.05, 4.69) is 20.3 Å². The number of nitrogens with zero attached hydrogens (tertiary/aromatic N) is 3. The summed E-state index contributed by atoms with van der Waals surface area (Å²) < 4.78 is 0. The van der Waals surface area contributed by atoms with E-state index in [9.17, 15) is 14.9 Å². The van der Waals surface area contributed by atoms with E-state index in [4.69, 9.17) is 11.6 Å². The second kappa shape index (κ2) is 8.60. The van der Waals surface area contributed by atoms with Gasteiger partial charge in [0.15, 0.2) is 5.13 Å². The van der Waals surface area contributed by atoms with Gasteiger partial charge in [0.1, 0.15) is 6.20 Å². The van der Waals surface area contributed by atoms with Crippen molar-refractivity contribution in [2.24, 2.45) is 0 Å². The number of halogens is 1. The van der Waals surface area contributed by atoms with Crippen LogP contribution in [0.5, 0.6) is 0 Å². The molecule has 4 rings (SSSR count). The molecule has 10 heteroatoms. The van der Waals surface area contributed by atoms with Gasteiger partial charge in [-0.05, 0) is 60.1 Å². The van der Waals surface area contributed by atoms with Crippen LogP contribution in [-0.4, -0.2) is 25.8 Å². The van der Waals surface area contributed by atoms with Crippen LogP contribution in [0, 0.1) is 10.1 Å². The molecule has 0 aliphatic rings. The van der Waals surface area contributed by atoms with Gasteiger partial charge in [-0.15, -0.1) is 0 Å². The number of aryl methyl sites for hydroxylation is 1. The van der Waals surface area contributed by atoms with Gasteiger partial charge < -0.3 is 10.3 Å². The fraction of sp³-hybridized carbons (Fsp3) is 0.150. The molecule has 0 saturated carbocycles. The first-order chi connectivity index (χ1) is 14.5. The number of nitrogens with one attached hydrogen (secondary N) is 2. The molecule has 0 bridgehead atoms. The highest BCUT2D eigenvalue weighted by Gasteiger charge is 2.16. The number of aromatic nitrogens is 3. The summed E-state index contributed by atoms with van der Waals surface area (Å²) in [6, 6.07) is 11.4. The number of benzene rings is 1. The highest BCUT2D eigenvalue weighted by molar-refractivity contribution is 7.18. The standard InChI is InChI=1S/C20H16ClN5O3S/c21-12-7-8-15-14(10-12)13(19(24-15)16-5-1-2-9-22-16)4-3-6-17(27)25-20-23-11-18(30-20)26(28)29/h1-2,5,7-11,24H,3-4,6H2,(H,23,25,27). The van der Waals surface area contributed by atoms with Gasteiger partial charge in [0, 0.05) is 28.5 Å². The minimum atomic E-state index is -0.533. The van der Waals surface area contributed by atoms with Crippen LogP contribution in [0.3, 0.4) is 0 Å². The molecule has 1 amide bonds. The number of hydrogen-bond acceptors (Lipinski definition) is 6. The van der Waals surface area contributed by atoms with Crippen molar-refractivity contribution in [2.75, 3.05) is 5.32 Å². The lowest BCUT2D eigenvalue weighted by atomic mass is 10.0. The van der Waals surface area contributed by atoms with E-state index in [0.29, 0.717) is 17.9 Å². The van der Waals surface area contributed by atoms with Crippen molar-refractivity contribution in [3.8, 4) is 11.4 Å². The summed E-state index contributed by atoms with van der Waals surface area (Å²) in [5, 5.41) is 15.1. The summed E-state index contributed by atoms with van der Waals surface area (Å²) in [6.45, 7) is 0. The Kier molecular flexibility index (Phi) is 5.73. The lowest BCUT2D eigenvalue weighted by molar-refractivity contribution is -0.380. The molecule has 30 heavy (non-hydrogen) atoms. The number of pyridine rings is 1. The van der Waals surface area contributed by atoms with Gasteiger partial charge in [-0.25, -0.2) is 4.98 Å². The number of thiazole rings is 1. The molecule has 3 heterocycles. The topological polar surface area (TPSA) is 114 Å². The number of amides is 1. The smallest absolute Gasteiger partial charge is 0.345 e. The van der Waals surface area contributed by atoms with E-state index in [-0.39, 0.29) is 22.5 Å². The molecule has 8 nitrogen and oxygen atoms in total. The van der Waals surface area contributed by atoms with E-state index in [1.807, 2.05) is 36.4 Å². The SMILES string of the molecule is O=C(CCCc1c(-c2ccccn2)[nH]c2ccc(Cl)cc12)Nc1ncc([N+](=O)[O-])s1. The van der Waals surface area contributed by atoms with Crippen LogP contribution in [0.2, 0.25) is 5.02 Å². The first-order valence-corrected chi connectivity index (χ1v) is 10.3.